The van der Waals surface area contributed by atoms with Crippen molar-refractivity contribution >= 4 is 5.97 Å². The second-order valence-electron chi connectivity index (χ2n) is 6.74. The summed E-state index contributed by atoms with van der Waals surface area (Å²) in [5, 5.41) is 0. The predicted octanol–water partition coefficient (Wildman–Crippen LogP) is 3.73. The Morgan fingerprint density at radius 1 is 1.09 bits per heavy atom. The van der Waals surface area contributed by atoms with Crippen molar-refractivity contribution in [2.75, 3.05) is 20.2 Å². The van der Waals surface area contributed by atoms with E-state index < -0.39 is 0 Å². The number of nitrogens with zero attached hydrogens (tertiary/aromatic N) is 1. The molecule has 0 aromatic heterocycles. The molecule has 1 saturated carbocycles. The molecule has 1 aromatic carbocycles. The van der Waals surface area contributed by atoms with E-state index in [-0.39, 0.29) is 17.4 Å². The molecule has 3 heteroatoms. The molecule has 3 nitrogen and oxygen atoms in total. The first-order valence-corrected chi connectivity index (χ1v) is 8.65. The van der Waals surface area contributed by atoms with E-state index in [4.69, 9.17) is 4.74 Å². The van der Waals surface area contributed by atoms with Gasteiger partial charge in [0.05, 0.1) is 13.0 Å². The summed E-state index contributed by atoms with van der Waals surface area (Å²) >= 11 is 0. The topological polar surface area (TPSA) is 29.5 Å². The maximum atomic E-state index is 11.8. The van der Waals surface area contributed by atoms with Crippen LogP contribution in [0.15, 0.2) is 30.3 Å². The fraction of sp³-hybridized carbons (Fsp3) is 0.632. The van der Waals surface area contributed by atoms with Gasteiger partial charge in [-0.3, -0.25) is 9.69 Å². The third-order valence-electron chi connectivity index (χ3n) is 5.63. The fourth-order valence-electron chi connectivity index (χ4n) is 4.38. The molecule has 2 aliphatic rings. The van der Waals surface area contributed by atoms with Crippen molar-refractivity contribution in [1.82, 2.24) is 4.90 Å². The SMILES string of the molecule is COC(=O)C1CCN(C2(c3ccccc3)CCCCC2)CC1. The van der Waals surface area contributed by atoms with Gasteiger partial charge in [0.15, 0.2) is 0 Å². The molecule has 1 aromatic rings. The molecular weight excluding hydrogens is 274 g/mol. The highest BCUT2D eigenvalue weighted by Crippen LogP contribution is 2.43. The van der Waals surface area contributed by atoms with Gasteiger partial charge in [-0.05, 0) is 44.3 Å². The van der Waals surface area contributed by atoms with E-state index in [2.05, 4.69) is 35.2 Å². The highest BCUT2D eigenvalue weighted by Gasteiger charge is 2.41. The molecule has 1 heterocycles. The number of likely N-dealkylation sites (tertiary alicyclic amines) is 1. The van der Waals surface area contributed by atoms with E-state index in [1.54, 1.807) is 0 Å². The number of piperidine rings is 1. The first-order valence-electron chi connectivity index (χ1n) is 8.65. The molecule has 0 unspecified atom stereocenters. The Bertz CT molecular complexity index is 485. The maximum absolute atomic E-state index is 11.8. The second kappa shape index (κ2) is 6.82. The Balaban J connectivity index is 1.78. The van der Waals surface area contributed by atoms with Crippen LogP contribution in [0.5, 0.6) is 0 Å². The number of rotatable bonds is 3. The molecule has 120 valence electrons. The van der Waals surface area contributed by atoms with Crippen LogP contribution in [0, 0.1) is 5.92 Å². The van der Waals surface area contributed by atoms with Crippen LogP contribution in [0.2, 0.25) is 0 Å². The fourth-order valence-corrected chi connectivity index (χ4v) is 4.38. The maximum Gasteiger partial charge on any atom is 0.308 e. The summed E-state index contributed by atoms with van der Waals surface area (Å²) in [4.78, 5) is 14.4. The lowest BCUT2D eigenvalue weighted by molar-refractivity contribution is -0.148. The molecular formula is C19H27NO2. The first kappa shape index (κ1) is 15.5. The normalized spacial score (nSPS) is 23.1. The lowest BCUT2D eigenvalue weighted by atomic mass is 9.74. The van der Waals surface area contributed by atoms with Crippen LogP contribution in [0.3, 0.4) is 0 Å². The van der Waals surface area contributed by atoms with E-state index in [1.807, 2.05) is 0 Å². The van der Waals surface area contributed by atoms with Crippen LogP contribution >= 0.6 is 0 Å². The Kier molecular flexibility index (Phi) is 4.82. The van der Waals surface area contributed by atoms with E-state index in [1.165, 1.54) is 44.8 Å². The number of hydrogen-bond acceptors (Lipinski definition) is 3. The molecule has 0 bridgehead atoms. The monoisotopic (exact) mass is 301 g/mol. The zero-order valence-electron chi connectivity index (χ0n) is 13.6. The molecule has 0 radical (unpaired) electrons. The van der Waals surface area contributed by atoms with Gasteiger partial charge < -0.3 is 4.74 Å². The number of carbonyl (C=O) groups is 1. The molecule has 0 N–H and O–H groups in total. The average molecular weight is 301 g/mol. The standard InChI is InChI=1S/C19H27NO2/c1-22-18(21)16-10-14-20(15-11-16)19(12-6-3-7-13-19)17-8-4-2-5-9-17/h2,4-5,8-9,16H,3,6-7,10-15H2,1H3. The van der Waals surface area contributed by atoms with Crippen molar-refractivity contribution in [1.29, 1.82) is 0 Å². The van der Waals surface area contributed by atoms with Crippen molar-refractivity contribution in [3.8, 4) is 0 Å². The van der Waals surface area contributed by atoms with Crippen LogP contribution in [0.1, 0.15) is 50.5 Å². The van der Waals surface area contributed by atoms with E-state index in [9.17, 15) is 4.79 Å². The minimum atomic E-state index is -0.0305. The zero-order valence-corrected chi connectivity index (χ0v) is 13.6. The highest BCUT2D eigenvalue weighted by molar-refractivity contribution is 5.72. The second-order valence-corrected chi connectivity index (χ2v) is 6.74. The Labute approximate surface area is 133 Å². The lowest BCUT2D eigenvalue weighted by Crippen LogP contribution is -2.51. The molecule has 0 spiro atoms. The smallest absolute Gasteiger partial charge is 0.308 e. The van der Waals surface area contributed by atoms with Crippen molar-refractivity contribution in [3.05, 3.63) is 35.9 Å². The van der Waals surface area contributed by atoms with Crippen LogP contribution in [0.25, 0.3) is 0 Å². The van der Waals surface area contributed by atoms with Crippen molar-refractivity contribution < 1.29 is 9.53 Å². The van der Waals surface area contributed by atoms with Crippen molar-refractivity contribution in [3.63, 3.8) is 0 Å². The minimum absolute atomic E-state index is 0.0305. The Hall–Kier alpha value is -1.35. The van der Waals surface area contributed by atoms with E-state index in [0.29, 0.717) is 0 Å². The molecule has 2 fully saturated rings. The van der Waals surface area contributed by atoms with Crippen molar-refractivity contribution in [2.24, 2.45) is 5.92 Å². The van der Waals surface area contributed by atoms with Crippen molar-refractivity contribution in [2.45, 2.75) is 50.5 Å². The molecule has 0 amide bonds. The van der Waals surface area contributed by atoms with Crippen LogP contribution in [0.4, 0.5) is 0 Å². The quantitative estimate of drug-likeness (QED) is 0.797. The number of hydrogen-bond donors (Lipinski definition) is 0. The number of methoxy groups -OCH3 is 1. The Morgan fingerprint density at radius 3 is 2.32 bits per heavy atom. The van der Waals surface area contributed by atoms with E-state index >= 15 is 0 Å². The lowest BCUT2D eigenvalue weighted by Gasteiger charge is -2.49. The van der Waals surface area contributed by atoms with Crippen LogP contribution < -0.4 is 0 Å². The average Bonchev–Trinajstić information content (AvgIpc) is 2.62. The van der Waals surface area contributed by atoms with Gasteiger partial charge in [0.2, 0.25) is 0 Å². The molecule has 3 rings (SSSR count). The predicted molar refractivity (Wildman–Crippen MR) is 87.5 cm³/mol. The van der Waals surface area contributed by atoms with Crippen LogP contribution in [-0.4, -0.2) is 31.1 Å². The summed E-state index contributed by atoms with van der Waals surface area (Å²) in [5.74, 6) is 0.0646. The molecule has 1 saturated heterocycles. The van der Waals surface area contributed by atoms with Gasteiger partial charge in [0.25, 0.3) is 0 Å². The van der Waals surface area contributed by atoms with Gasteiger partial charge in [-0.25, -0.2) is 0 Å². The Morgan fingerprint density at radius 2 is 1.73 bits per heavy atom. The highest BCUT2D eigenvalue weighted by atomic mass is 16.5. The first-order chi connectivity index (χ1) is 10.8. The van der Waals surface area contributed by atoms with Gasteiger partial charge in [0.1, 0.15) is 0 Å². The summed E-state index contributed by atoms with van der Waals surface area (Å²) in [7, 11) is 1.50. The number of benzene rings is 1. The number of esters is 1. The molecule has 1 aliphatic carbocycles. The largest absolute Gasteiger partial charge is 0.469 e. The van der Waals surface area contributed by atoms with Crippen LogP contribution in [-0.2, 0) is 15.1 Å². The van der Waals surface area contributed by atoms with Gasteiger partial charge in [0, 0.05) is 5.54 Å². The molecule has 22 heavy (non-hydrogen) atoms. The summed E-state index contributed by atoms with van der Waals surface area (Å²) in [6.45, 7) is 2.02. The van der Waals surface area contributed by atoms with Gasteiger partial charge in [-0.2, -0.15) is 0 Å². The van der Waals surface area contributed by atoms with Gasteiger partial charge >= 0.3 is 5.97 Å². The summed E-state index contributed by atoms with van der Waals surface area (Å²) in [6.07, 6.45) is 8.34. The molecule has 0 atom stereocenters. The number of ether oxygens (including phenoxy) is 1. The summed E-state index contributed by atoms with van der Waals surface area (Å²) in [5.41, 5.74) is 1.66. The summed E-state index contributed by atoms with van der Waals surface area (Å²) in [6, 6.07) is 11.0. The van der Waals surface area contributed by atoms with E-state index in [0.717, 1.165) is 25.9 Å². The zero-order chi connectivity index (χ0) is 15.4. The third kappa shape index (κ3) is 2.91. The molecule has 1 aliphatic heterocycles. The van der Waals surface area contributed by atoms with Gasteiger partial charge in [-0.15, -0.1) is 0 Å². The summed E-state index contributed by atoms with van der Waals surface area (Å²) < 4.78 is 4.92. The third-order valence-corrected chi connectivity index (χ3v) is 5.63. The van der Waals surface area contributed by atoms with Gasteiger partial charge in [-0.1, -0.05) is 49.6 Å². The number of carbonyl (C=O) groups excluding carboxylic acids is 1. The minimum Gasteiger partial charge on any atom is -0.469 e.